The Kier molecular flexibility index (Phi) is 10.2. The Morgan fingerprint density at radius 2 is 1.69 bits per heavy atom. The predicted molar refractivity (Wildman–Crippen MR) is 127 cm³/mol. The van der Waals surface area contributed by atoms with Crippen LogP contribution in [0.1, 0.15) is 82.1 Å². The number of carboxylic acid groups (broad SMARTS) is 1. The molecule has 0 radical (unpaired) electrons. The van der Waals surface area contributed by atoms with Gasteiger partial charge in [0.15, 0.2) is 0 Å². The monoisotopic (exact) mass is 445 g/mol. The van der Waals surface area contributed by atoms with Crippen LogP contribution in [0.3, 0.4) is 0 Å². The molecule has 7 heteroatoms. The first-order chi connectivity index (χ1) is 15.2. The van der Waals surface area contributed by atoms with Gasteiger partial charge < -0.3 is 15.3 Å². The minimum absolute atomic E-state index is 0.00580. The van der Waals surface area contributed by atoms with Gasteiger partial charge in [-0.2, -0.15) is 0 Å². The number of carbonyl (C=O) groups excluding carboxylic acids is 2. The number of aliphatic carboxylic acids is 1. The van der Waals surface area contributed by atoms with Crippen molar-refractivity contribution in [1.82, 2.24) is 10.2 Å². The maximum absolute atomic E-state index is 12.7. The predicted octanol–water partition coefficient (Wildman–Crippen LogP) is 4.05. The van der Waals surface area contributed by atoms with Crippen LogP contribution in [-0.2, 0) is 16.1 Å². The van der Waals surface area contributed by atoms with E-state index in [9.17, 15) is 14.4 Å². The van der Waals surface area contributed by atoms with E-state index in [1.165, 1.54) is 19.8 Å². The van der Waals surface area contributed by atoms with Crippen LogP contribution < -0.4 is 10.2 Å². The lowest BCUT2D eigenvalue weighted by atomic mass is 10.0. The highest BCUT2D eigenvalue weighted by Crippen LogP contribution is 2.26. The van der Waals surface area contributed by atoms with E-state index in [4.69, 9.17) is 5.11 Å². The summed E-state index contributed by atoms with van der Waals surface area (Å²) in [6, 6.07) is 4.37. The molecular weight excluding hydrogens is 406 g/mol. The van der Waals surface area contributed by atoms with Crippen molar-refractivity contribution in [2.75, 3.05) is 24.5 Å². The molecule has 0 saturated carbocycles. The summed E-state index contributed by atoms with van der Waals surface area (Å²) in [4.78, 5) is 40.5. The molecule has 0 fully saturated rings. The molecule has 178 valence electrons. The van der Waals surface area contributed by atoms with Crippen LogP contribution in [0.4, 0.5) is 5.69 Å². The molecule has 0 aliphatic carbocycles. The van der Waals surface area contributed by atoms with Crippen molar-refractivity contribution in [2.45, 2.75) is 78.8 Å². The summed E-state index contributed by atoms with van der Waals surface area (Å²) >= 11 is 0. The molecule has 1 atom stereocenters. The van der Waals surface area contributed by atoms with E-state index in [0.717, 1.165) is 50.0 Å². The van der Waals surface area contributed by atoms with Crippen LogP contribution in [0.25, 0.3) is 0 Å². The number of carboxylic acids is 1. The largest absolute Gasteiger partial charge is 0.480 e. The smallest absolute Gasteiger partial charge is 0.325 e. The number of carbonyl (C=O) groups is 3. The summed E-state index contributed by atoms with van der Waals surface area (Å²) in [5.74, 6) is -0.905. The first-order valence-corrected chi connectivity index (χ1v) is 11.9. The summed E-state index contributed by atoms with van der Waals surface area (Å²) < 4.78 is 0. The molecule has 1 aromatic rings. The summed E-state index contributed by atoms with van der Waals surface area (Å²) in [7, 11) is 0. The van der Waals surface area contributed by atoms with Crippen molar-refractivity contribution < 1.29 is 19.5 Å². The fourth-order valence-corrected chi connectivity index (χ4v) is 3.99. The fourth-order valence-electron chi connectivity index (χ4n) is 3.99. The van der Waals surface area contributed by atoms with Gasteiger partial charge >= 0.3 is 5.97 Å². The molecule has 0 unspecified atom stereocenters. The zero-order valence-corrected chi connectivity index (χ0v) is 20.0. The van der Waals surface area contributed by atoms with E-state index in [2.05, 4.69) is 24.1 Å². The standard InChI is InChI=1S/C25H39N3O4/c1-18(2)12-15-27-13-8-6-5-7-9-14-28(20(4)29)23-11-10-21(16-22(23)17-27)24(30)26-19(3)25(31)32/h10-11,16,18-19H,5-9,12-15,17H2,1-4H3,(H,26,30)(H,31,32)/t19-/m0/s1. The number of nitrogens with one attached hydrogen (secondary N) is 1. The van der Waals surface area contributed by atoms with Crippen LogP contribution in [-0.4, -0.2) is 53.5 Å². The quantitative estimate of drug-likeness (QED) is 0.689. The van der Waals surface area contributed by atoms with Gasteiger partial charge in [0.2, 0.25) is 5.91 Å². The van der Waals surface area contributed by atoms with Crippen LogP contribution in [0.15, 0.2) is 18.2 Å². The van der Waals surface area contributed by atoms with Gasteiger partial charge in [-0.05, 0) is 69.0 Å². The average molecular weight is 446 g/mol. The maximum Gasteiger partial charge on any atom is 0.325 e. The van der Waals surface area contributed by atoms with Crippen LogP contribution in [0.5, 0.6) is 0 Å². The van der Waals surface area contributed by atoms with Gasteiger partial charge in [0.05, 0.1) is 0 Å². The third kappa shape index (κ3) is 7.93. The van der Waals surface area contributed by atoms with E-state index in [-0.39, 0.29) is 5.91 Å². The molecule has 7 nitrogen and oxygen atoms in total. The summed E-state index contributed by atoms with van der Waals surface area (Å²) in [6.45, 7) is 10.7. The summed E-state index contributed by atoms with van der Waals surface area (Å²) in [5, 5.41) is 11.6. The first-order valence-electron chi connectivity index (χ1n) is 11.9. The van der Waals surface area contributed by atoms with Crippen molar-refractivity contribution in [2.24, 2.45) is 5.92 Å². The normalized spacial score (nSPS) is 17.1. The Morgan fingerprint density at radius 1 is 1.03 bits per heavy atom. The number of hydrogen-bond acceptors (Lipinski definition) is 4. The van der Waals surface area contributed by atoms with Crippen molar-refractivity contribution >= 4 is 23.5 Å². The molecule has 0 spiro atoms. The Balaban J connectivity index is 2.40. The summed E-state index contributed by atoms with van der Waals surface area (Å²) in [5.41, 5.74) is 2.19. The number of nitrogens with zero attached hydrogens (tertiary/aromatic N) is 2. The maximum atomic E-state index is 12.7. The number of hydrogen-bond donors (Lipinski definition) is 2. The van der Waals surface area contributed by atoms with Gasteiger partial charge in [-0.1, -0.05) is 33.1 Å². The third-order valence-electron chi connectivity index (χ3n) is 6.00. The number of rotatable bonds is 6. The number of benzene rings is 1. The molecule has 1 heterocycles. The van der Waals surface area contributed by atoms with Crippen LogP contribution in [0, 0.1) is 5.92 Å². The Hall–Kier alpha value is -2.41. The van der Waals surface area contributed by atoms with Gasteiger partial charge in [0, 0.05) is 31.3 Å². The minimum Gasteiger partial charge on any atom is -0.480 e. The highest BCUT2D eigenvalue weighted by atomic mass is 16.4. The van der Waals surface area contributed by atoms with Gasteiger partial charge in [-0.3, -0.25) is 19.3 Å². The van der Waals surface area contributed by atoms with Crippen molar-refractivity contribution in [3.05, 3.63) is 29.3 Å². The zero-order chi connectivity index (χ0) is 23.7. The molecule has 32 heavy (non-hydrogen) atoms. The Labute approximate surface area is 192 Å². The minimum atomic E-state index is -1.08. The average Bonchev–Trinajstić information content (AvgIpc) is 2.72. The molecule has 1 aromatic carbocycles. The molecule has 2 amide bonds. The summed E-state index contributed by atoms with van der Waals surface area (Å²) in [6.07, 6.45) is 6.63. The molecule has 2 rings (SSSR count). The number of amides is 2. The van der Waals surface area contributed by atoms with E-state index in [1.54, 1.807) is 13.0 Å². The van der Waals surface area contributed by atoms with E-state index in [1.807, 2.05) is 17.0 Å². The lowest BCUT2D eigenvalue weighted by molar-refractivity contribution is -0.138. The van der Waals surface area contributed by atoms with E-state index >= 15 is 0 Å². The molecule has 0 bridgehead atoms. The molecule has 0 aromatic heterocycles. The van der Waals surface area contributed by atoms with Crippen molar-refractivity contribution in [3.8, 4) is 0 Å². The fraction of sp³-hybridized carbons (Fsp3) is 0.640. The van der Waals surface area contributed by atoms with Gasteiger partial charge in [0.1, 0.15) is 6.04 Å². The number of anilines is 1. The molecule has 0 saturated heterocycles. The zero-order valence-electron chi connectivity index (χ0n) is 20.0. The van der Waals surface area contributed by atoms with Crippen molar-refractivity contribution in [1.29, 1.82) is 0 Å². The second-order valence-corrected chi connectivity index (χ2v) is 9.27. The van der Waals surface area contributed by atoms with Crippen LogP contribution in [0.2, 0.25) is 0 Å². The molecular formula is C25H39N3O4. The molecule has 1 aliphatic heterocycles. The second kappa shape index (κ2) is 12.6. The van der Waals surface area contributed by atoms with Gasteiger partial charge in [-0.25, -0.2) is 0 Å². The number of fused-ring (bicyclic) bond motifs is 1. The highest BCUT2D eigenvalue weighted by Gasteiger charge is 2.21. The SMILES string of the molecule is CC(=O)N1CCCCCCCN(CCC(C)C)Cc2cc(C(=O)N[C@@H](C)C(=O)O)ccc21. The van der Waals surface area contributed by atoms with E-state index < -0.39 is 17.9 Å². The molecule has 1 aliphatic rings. The first kappa shape index (κ1) is 25.8. The van der Waals surface area contributed by atoms with Gasteiger partial charge in [-0.15, -0.1) is 0 Å². The highest BCUT2D eigenvalue weighted by molar-refractivity contribution is 5.98. The van der Waals surface area contributed by atoms with Gasteiger partial charge in [0.25, 0.3) is 5.91 Å². The topological polar surface area (TPSA) is 90.0 Å². The van der Waals surface area contributed by atoms with Crippen LogP contribution >= 0.6 is 0 Å². The second-order valence-electron chi connectivity index (χ2n) is 9.27. The molecule has 2 N–H and O–H groups in total. The Bertz CT molecular complexity index is 793. The third-order valence-corrected chi connectivity index (χ3v) is 6.00. The van der Waals surface area contributed by atoms with E-state index in [0.29, 0.717) is 24.6 Å². The lowest BCUT2D eigenvalue weighted by Crippen LogP contribution is -2.38. The lowest BCUT2D eigenvalue weighted by Gasteiger charge is -2.29. The van der Waals surface area contributed by atoms with Crippen molar-refractivity contribution in [3.63, 3.8) is 0 Å². The Morgan fingerprint density at radius 3 is 2.31 bits per heavy atom.